The molecule has 0 atom stereocenters. The number of nitrogens with one attached hydrogen (secondary N) is 2. The lowest BCUT2D eigenvalue weighted by atomic mass is 9.92. The Balaban J connectivity index is 2.26. The van der Waals surface area contributed by atoms with Crippen LogP contribution in [0.1, 0.15) is 28.8 Å². The standard InChI is InChI=1S/C15H19BN2O2/c1-3-14(19)17-8-4-5-9-18-15(20)13-7-6-12(16)10-11(13)2/h3,6-7,10H,1,4-5,8-9H2,2H3,(H,17,19)(H,18,20). The molecule has 2 N–H and O–H groups in total. The molecule has 2 amide bonds. The zero-order valence-electron chi connectivity index (χ0n) is 11.7. The van der Waals surface area contributed by atoms with Crippen molar-refractivity contribution in [2.24, 2.45) is 0 Å². The van der Waals surface area contributed by atoms with Crippen LogP contribution in [0.5, 0.6) is 0 Å². The fourth-order valence-electron chi connectivity index (χ4n) is 1.77. The third-order valence-corrected chi connectivity index (χ3v) is 2.87. The fourth-order valence-corrected chi connectivity index (χ4v) is 1.77. The van der Waals surface area contributed by atoms with E-state index in [0.717, 1.165) is 18.4 Å². The smallest absolute Gasteiger partial charge is 0.251 e. The molecular formula is C15H19BN2O2. The molecule has 0 heterocycles. The molecule has 0 aromatic heterocycles. The van der Waals surface area contributed by atoms with Crippen molar-refractivity contribution in [3.05, 3.63) is 42.0 Å². The van der Waals surface area contributed by atoms with E-state index in [9.17, 15) is 9.59 Å². The van der Waals surface area contributed by atoms with Crippen LogP contribution in [0.4, 0.5) is 0 Å². The molecule has 0 bridgehead atoms. The molecule has 1 aromatic rings. The second-order valence-corrected chi connectivity index (χ2v) is 4.53. The molecule has 0 saturated heterocycles. The molecule has 0 aliphatic heterocycles. The average Bonchev–Trinajstić information content (AvgIpc) is 2.42. The van der Waals surface area contributed by atoms with Crippen molar-refractivity contribution in [3.63, 3.8) is 0 Å². The topological polar surface area (TPSA) is 58.2 Å². The van der Waals surface area contributed by atoms with Crippen LogP contribution in [-0.2, 0) is 4.79 Å². The van der Waals surface area contributed by atoms with Crippen LogP contribution >= 0.6 is 0 Å². The molecule has 5 heteroatoms. The number of aryl methyl sites for hydroxylation is 1. The Morgan fingerprint density at radius 1 is 1.25 bits per heavy atom. The van der Waals surface area contributed by atoms with Crippen molar-refractivity contribution in [3.8, 4) is 0 Å². The van der Waals surface area contributed by atoms with Crippen molar-refractivity contribution in [1.29, 1.82) is 0 Å². The number of unbranched alkanes of at least 4 members (excludes halogenated alkanes) is 1. The lowest BCUT2D eigenvalue weighted by molar-refractivity contribution is -0.116. The molecule has 0 unspecified atom stereocenters. The van der Waals surface area contributed by atoms with E-state index < -0.39 is 0 Å². The van der Waals surface area contributed by atoms with E-state index in [4.69, 9.17) is 7.85 Å². The van der Waals surface area contributed by atoms with Crippen molar-refractivity contribution in [2.75, 3.05) is 13.1 Å². The van der Waals surface area contributed by atoms with Crippen LogP contribution in [0.3, 0.4) is 0 Å². The van der Waals surface area contributed by atoms with Gasteiger partial charge in [-0.05, 0) is 37.5 Å². The van der Waals surface area contributed by atoms with Crippen molar-refractivity contribution >= 4 is 25.1 Å². The number of carbonyl (C=O) groups is 2. The van der Waals surface area contributed by atoms with Crippen LogP contribution in [0.15, 0.2) is 30.9 Å². The number of amides is 2. The van der Waals surface area contributed by atoms with Gasteiger partial charge >= 0.3 is 0 Å². The summed E-state index contributed by atoms with van der Waals surface area (Å²) in [7, 11) is 5.65. The quantitative estimate of drug-likeness (QED) is 0.433. The van der Waals surface area contributed by atoms with E-state index in [-0.39, 0.29) is 11.8 Å². The largest absolute Gasteiger partial charge is 0.353 e. The first kappa shape index (κ1) is 16.0. The fraction of sp³-hybridized carbons (Fsp3) is 0.333. The first-order chi connectivity index (χ1) is 9.54. The van der Waals surface area contributed by atoms with Crippen molar-refractivity contribution in [2.45, 2.75) is 19.8 Å². The van der Waals surface area contributed by atoms with Gasteiger partial charge in [0.2, 0.25) is 5.91 Å². The summed E-state index contributed by atoms with van der Waals surface area (Å²) in [4.78, 5) is 22.8. The zero-order chi connectivity index (χ0) is 15.0. The van der Waals surface area contributed by atoms with Gasteiger partial charge in [-0.25, -0.2) is 0 Å². The summed E-state index contributed by atoms with van der Waals surface area (Å²) in [6.45, 7) is 6.39. The van der Waals surface area contributed by atoms with Gasteiger partial charge in [0.25, 0.3) is 5.91 Å². The Hall–Kier alpha value is -2.04. The number of hydrogen-bond donors (Lipinski definition) is 2. The highest BCUT2D eigenvalue weighted by Gasteiger charge is 2.07. The molecule has 0 fully saturated rings. The number of hydrogen-bond acceptors (Lipinski definition) is 2. The number of benzene rings is 1. The summed E-state index contributed by atoms with van der Waals surface area (Å²) in [6, 6.07) is 5.22. The van der Waals surface area contributed by atoms with Gasteiger partial charge in [0.05, 0.1) is 0 Å². The molecule has 20 heavy (non-hydrogen) atoms. The van der Waals surface area contributed by atoms with Crippen molar-refractivity contribution < 1.29 is 9.59 Å². The van der Waals surface area contributed by atoms with Gasteiger partial charge in [0, 0.05) is 18.7 Å². The highest BCUT2D eigenvalue weighted by atomic mass is 16.2. The minimum Gasteiger partial charge on any atom is -0.353 e. The normalized spacial score (nSPS) is 9.85. The molecule has 4 nitrogen and oxygen atoms in total. The molecule has 2 radical (unpaired) electrons. The number of carbonyl (C=O) groups excluding carboxylic acids is 2. The predicted molar refractivity (Wildman–Crippen MR) is 81.3 cm³/mol. The molecule has 0 aliphatic carbocycles. The van der Waals surface area contributed by atoms with E-state index in [1.54, 1.807) is 18.2 Å². The summed E-state index contributed by atoms with van der Waals surface area (Å²) >= 11 is 0. The van der Waals surface area contributed by atoms with E-state index in [0.29, 0.717) is 24.1 Å². The lowest BCUT2D eigenvalue weighted by Gasteiger charge is -2.08. The number of rotatable bonds is 7. The summed E-state index contributed by atoms with van der Waals surface area (Å²) < 4.78 is 0. The maximum absolute atomic E-state index is 11.9. The molecule has 104 valence electrons. The summed E-state index contributed by atoms with van der Waals surface area (Å²) in [6.07, 6.45) is 2.85. The highest BCUT2D eigenvalue weighted by Crippen LogP contribution is 2.04. The maximum Gasteiger partial charge on any atom is 0.251 e. The van der Waals surface area contributed by atoms with Gasteiger partial charge in [-0.15, -0.1) is 0 Å². The molecule has 1 aromatic carbocycles. The Morgan fingerprint density at radius 3 is 2.50 bits per heavy atom. The van der Waals surface area contributed by atoms with Crippen LogP contribution in [-0.4, -0.2) is 32.8 Å². The minimum atomic E-state index is -0.175. The summed E-state index contributed by atoms with van der Waals surface area (Å²) in [5, 5.41) is 5.53. The highest BCUT2D eigenvalue weighted by molar-refractivity contribution is 6.32. The van der Waals surface area contributed by atoms with Crippen LogP contribution in [0.25, 0.3) is 0 Å². The third-order valence-electron chi connectivity index (χ3n) is 2.87. The van der Waals surface area contributed by atoms with E-state index >= 15 is 0 Å². The molecule has 0 saturated carbocycles. The molecule has 0 aliphatic rings. The Bertz CT molecular complexity index is 501. The van der Waals surface area contributed by atoms with Crippen LogP contribution in [0, 0.1) is 6.92 Å². The van der Waals surface area contributed by atoms with E-state index in [1.807, 2.05) is 6.92 Å². The Morgan fingerprint density at radius 2 is 1.90 bits per heavy atom. The van der Waals surface area contributed by atoms with Gasteiger partial charge in [0.1, 0.15) is 7.85 Å². The van der Waals surface area contributed by atoms with Crippen LogP contribution in [0.2, 0.25) is 0 Å². The van der Waals surface area contributed by atoms with Gasteiger partial charge in [-0.2, -0.15) is 0 Å². The summed E-state index contributed by atoms with van der Waals surface area (Å²) in [5.74, 6) is -0.274. The lowest BCUT2D eigenvalue weighted by Crippen LogP contribution is -2.27. The second kappa shape index (κ2) is 8.20. The Labute approximate surface area is 121 Å². The zero-order valence-corrected chi connectivity index (χ0v) is 11.7. The van der Waals surface area contributed by atoms with Crippen LogP contribution < -0.4 is 16.1 Å². The third kappa shape index (κ3) is 5.30. The van der Waals surface area contributed by atoms with Gasteiger partial charge in [-0.3, -0.25) is 9.59 Å². The summed E-state index contributed by atoms with van der Waals surface area (Å²) in [5.41, 5.74) is 2.15. The Kier molecular flexibility index (Phi) is 6.57. The first-order valence-corrected chi connectivity index (χ1v) is 6.59. The maximum atomic E-state index is 11.9. The van der Waals surface area contributed by atoms with Gasteiger partial charge < -0.3 is 10.6 Å². The van der Waals surface area contributed by atoms with E-state index in [2.05, 4.69) is 17.2 Å². The second-order valence-electron chi connectivity index (χ2n) is 4.53. The monoisotopic (exact) mass is 270 g/mol. The molecule has 0 spiro atoms. The first-order valence-electron chi connectivity index (χ1n) is 6.59. The van der Waals surface area contributed by atoms with Crippen molar-refractivity contribution in [1.82, 2.24) is 10.6 Å². The molecule has 1 rings (SSSR count). The average molecular weight is 270 g/mol. The SMILES string of the molecule is [B]c1ccc(C(=O)NCCCCNC(=O)C=C)c(C)c1. The minimum absolute atomic E-state index is 0.0994. The van der Waals surface area contributed by atoms with Gasteiger partial charge in [-0.1, -0.05) is 24.2 Å². The predicted octanol–water partition coefficient (Wildman–Crippen LogP) is 0.601. The van der Waals surface area contributed by atoms with E-state index in [1.165, 1.54) is 6.08 Å². The van der Waals surface area contributed by atoms with Gasteiger partial charge in [0.15, 0.2) is 0 Å². The molecular weight excluding hydrogens is 251 g/mol.